The van der Waals surface area contributed by atoms with Gasteiger partial charge in [-0.2, -0.15) is 0 Å². The maximum Gasteiger partial charge on any atom is 0.466 e. The van der Waals surface area contributed by atoms with Crippen molar-refractivity contribution in [1.29, 1.82) is 0 Å². The Morgan fingerprint density at radius 1 is 1.92 bits per heavy atom. The summed E-state index contributed by atoms with van der Waals surface area (Å²) in [4.78, 5) is 8.95. The Bertz CT molecular complexity index is 329. The number of hydrogen-bond acceptors (Lipinski definition) is 7. The van der Waals surface area contributed by atoms with Gasteiger partial charge in [0, 0.05) is 0 Å². The molecule has 0 bridgehead atoms. The molecule has 0 atom stereocenters. The molecule has 1 N–H and O–H groups in total. The summed E-state index contributed by atoms with van der Waals surface area (Å²) >= 11 is 0. The van der Waals surface area contributed by atoms with Gasteiger partial charge in [-0.1, -0.05) is 0 Å². The van der Waals surface area contributed by atoms with Crippen LogP contribution in [0.4, 0.5) is 0 Å². The van der Waals surface area contributed by atoms with Crippen LogP contribution in [0.3, 0.4) is 0 Å². The molecule has 0 spiro atoms. The van der Waals surface area contributed by atoms with Crippen LogP contribution in [0.5, 0.6) is 0 Å². The van der Waals surface area contributed by atoms with Crippen molar-refractivity contribution < 1.29 is 19.7 Å². The quantitative estimate of drug-likeness (QED) is 0.141. The Balaban J connectivity index is 3.04. The third-order valence-corrected chi connectivity index (χ3v) is 0.944. The number of nitro groups is 1. The highest BCUT2D eigenvalue weighted by Crippen LogP contribution is 1.93. The molecule has 0 aliphatic heterocycles. The first-order chi connectivity index (χ1) is 5.65. The number of hydrogen-bond donors (Lipinski definition) is 1. The van der Waals surface area contributed by atoms with E-state index >= 15 is 0 Å². The van der Waals surface area contributed by atoms with E-state index in [2.05, 4.69) is 14.9 Å². The molecule has 12 heavy (non-hydrogen) atoms. The predicted molar refractivity (Wildman–Crippen MR) is 30.8 cm³/mol. The van der Waals surface area contributed by atoms with Gasteiger partial charge in [0.05, 0.1) is 5.16 Å². The van der Waals surface area contributed by atoms with Crippen molar-refractivity contribution in [3.05, 3.63) is 27.2 Å². The summed E-state index contributed by atoms with van der Waals surface area (Å²) in [5.74, 6) is -0.951. The molecule has 1 heterocycles. The number of amidine groups is 1. The van der Waals surface area contributed by atoms with E-state index < -0.39 is 16.5 Å². The minimum Gasteiger partial charge on any atom is -0.360 e. The highest BCUT2D eigenvalue weighted by molar-refractivity contribution is 5.89. The Hall–Kier alpha value is -2.19. The van der Waals surface area contributed by atoms with Crippen LogP contribution < -0.4 is 4.90 Å². The van der Waals surface area contributed by atoms with Crippen molar-refractivity contribution in [1.82, 2.24) is 5.16 Å². The molecule has 0 radical (unpaired) electrons. The van der Waals surface area contributed by atoms with Crippen molar-refractivity contribution in [3.63, 3.8) is 0 Å². The van der Waals surface area contributed by atoms with Crippen molar-refractivity contribution in [3.8, 4) is 0 Å². The molecule has 0 aromatic carbocycles. The average molecular weight is 174 g/mol. The molecule has 64 valence electrons. The Labute approximate surface area is 64.2 Å². The third kappa shape index (κ3) is 1.28. The number of oxime groups is 1. The summed E-state index contributed by atoms with van der Waals surface area (Å²) < 4.78 is 3.91. The van der Waals surface area contributed by atoms with Crippen molar-refractivity contribution >= 4 is 5.84 Å². The van der Waals surface area contributed by atoms with E-state index in [1.807, 2.05) is 0 Å². The second kappa shape index (κ2) is 2.82. The lowest BCUT2D eigenvalue weighted by molar-refractivity contribution is -0.802. The van der Waals surface area contributed by atoms with E-state index in [-0.39, 0.29) is 4.90 Å². The zero-order valence-corrected chi connectivity index (χ0v) is 5.45. The monoisotopic (exact) mass is 174 g/mol. The van der Waals surface area contributed by atoms with Crippen LogP contribution in [0.1, 0.15) is 5.69 Å². The molecular formula is C3H2N4O5. The van der Waals surface area contributed by atoms with E-state index in [9.17, 15) is 15.3 Å². The van der Waals surface area contributed by atoms with Gasteiger partial charge >= 0.3 is 11.5 Å². The van der Waals surface area contributed by atoms with Gasteiger partial charge in [-0.25, -0.2) is 0 Å². The van der Waals surface area contributed by atoms with Gasteiger partial charge in [0.25, 0.3) is 0 Å². The fraction of sp³-hybridized carbons (Fsp3) is 0. The molecule has 1 aromatic rings. The molecule has 9 heteroatoms. The fourth-order valence-electron chi connectivity index (χ4n) is 0.511. The van der Waals surface area contributed by atoms with Crippen LogP contribution in [0.25, 0.3) is 0 Å². The van der Waals surface area contributed by atoms with E-state index in [1.165, 1.54) is 0 Å². The molecule has 1 rings (SSSR count). The summed E-state index contributed by atoms with van der Waals surface area (Å²) in [6.07, 6.45) is 0.665. The standard InChI is InChI=1S/C3H2N4O5/c8-4-3(7(10)11)2-1-6(9)12-5-2/h1,8H. The molecule has 9 nitrogen and oxygen atoms in total. The van der Waals surface area contributed by atoms with Crippen LogP contribution >= 0.6 is 0 Å². The second-order valence-electron chi connectivity index (χ2n) is 1.65. The average Bonchev–Trinajstić information content (AvgIpc) is 2.37. The van der Waals surface area contributed by atoms with Gasteiger partial charge in [0.2, 0.25) is 0 Å². The lowest BCUT2D eigenvalue weighted by Crippen LogP contribution is -2.21. The highest BCUT2D eigenvalue weighted by Gasteiger charge is 2.26. The van der Waals surface area contributed by atoms with Gasteiger partial charge in [-0.05, 0) is 9.83 Å². The topological polar surface area (TPSA) is 129 Å². The molecule has 0 aliphatic carbocycles. The smallest absolute Gasteiger partial charge is 0.360 e. The molecule has 0 amide bonds. The number of nitrogens with zero attached hydrogens (tertiary/aromatic N) is 4. The first-order valence-electron chi connectivity index (χ1n) is 2.58. The second-order valence-corrected chi connectivity index (χ2v) is 1.65. The lowest BCUT2D eigenvalue weighted by atomic mass is 10.4. The summed E-state index contributed by atoms with van der Waals surface area (Å²) in [6.45, 7) is 0. The Morgan fingerprint density at radius 3 is 2.92 bits per heavy atom. The van der Waals surface area contributed by atoms with Crippen molar-refractivity contribution in [2.24, 2.45) is 5.16 Å². The van der Waals surface area contributed by atoms with Gasteiger partial charge in [0.15, 0.2) is 11.4 Å². The van der Waals surface area contributed by atoms with Gasteiger partial charge in [0.1, 0.15) is 0 Å². The molecule has 1 aromatic heterocycles. The van der Waals surface area contributed by atoms with E-state index in [1.54, 1.807) is 0 Å². The highest BCUT2D eigenvalue weighted by atomic mass is 16.8. The first kappa shape index (κ1) is 7.91. The third-order valence-electron chi connectivity index (χ3n) is 0.944. The van der Waals surface area contributed by atoms with Crippen LogP contribution in [-0.4, -0.2) is 21.1 Å². The van der Waals surface area contributed by atoms with Crippen LogP contribution in [-0.2, 0) is 0 Å². The Morgan fingerprint density at radius 2 is 2.58 bits per heavy atom. The van der Waals surface area contributed by atoms with Crippen LogP contribution in [0.2, 0.25) is 0 Å². The van der Waals surface area contributed by atoms with Crippen LogP contribution in [0, 0.1) is 15.3 Å². The molecule has 0 unspecified atom stereocenters. The van der Waals surface area contributed by atoms with E-state index in [4.69, 9.17) is 5.21 Å². The van der Waals surface area contributed by atoms with Crippen molar-refractivity contribution in [2.45, 2.75) is 0 Å². The Kier molecular flexibility index (Phi) is 1.86. The van der Waals surface area contributed by atoms with Gasteiger partial charge in [-0.15, -0.1) is 0 Å². The summed E-state index contributed by atoms with van der Waals surface area (Å²) in [6, 6.07) is 0. The summed E-state index contributed by atoms with van der Waals surface area (Å²) in [7, 11) is 0. The molecule has 0 aliphatic rings. The molecule has 0 saturated heterocycles. The maximum absolute atomic E-state index is 10.3. The molecular weight excluding hydrogens is 172 g/mol. The van der Waals surface area contributed by atoms with Crippen molar-refractivity contribution in [2.75, 3.05) is 0 Å². The predicted octanol–water partition coefficient (Wildman–Crippen LogP) is -1.28. The van der Waals surface area contributed by atoms with E-state index in [0.29, 0.717) is 6.20 Å². The zero-order valence-electron chi connectivity index (χ0n) is 5.45. The largest absolute Gasteiger partial charge is 0.466 e. The number of rotatable bonds is 1. The van der Waals surface area contributed by atoms with Gasteiger partial charge < -0.3 is 20.5 Å². The molecule has 0 saturated carbocycles. The molecule has 0 fully saturated rings. The van der Waals surface area contributed by atoms with Crippen LogP contribution in [0.15, 0.2) is 16.0 Å². The fourth-order valence-corrected chi connectivity index (χ4v) is 0.511. The SMILES string of the molecule is O=[N+]([O-])C(=NO)c1c[n+]([O-])on1. The first-order valence-corrected chi connectivity index (χ1v) is 2.58. The minimum absolute atomic E-state index is 0.107. The van der Waals surface area contributed by atoms with Gasteiger partial charge in [-0.3, -0.25) is 4.63 Å². The summed E-state index contributed by atoms with van der Waals surface area (Å²) in [5.41, 5.74) is -0.447. The number of aromatic nitrogens is 2. The zero-order chi connectivity index (χ0) is 9.14. The summed E-state index contributed by atoms with van der Waals surface area (Å²) in [5, 5.41) is 33.7. The van der Waals surface area contributed by atoms with E-state index in [0.717, 1.165) is 0 Å². The lowest BCUT2D eigenvalue weighted by Gasteiger charge is -1.84. The maximum atomic E-state index is 10.3. The normalized spacial score (nSPS) is 11.5. The minimum atomic E-state index is -1.00.